The van der Waals surface area contributed by atoms with Crippen LogP contribution >= 0.6 is 0 Å². The van der Waals surface area contributed by atoms with Gasteiger partial charge in [-0.1, -0.05) is 0 Å². The largest absolute Gasteiger partial charge is 0.476 e. The number of piperidine rings is 1. The fourth-order valence-electron chi connectivity index (χ4n) is 2.20. The van der Waals surface area contributed by atoms with E-state index in [1.165, 1.54) is 6.33 Å². The molecule has 1 aliphatic heterocycles. The second-order valence-corrected chi connectivity index (χ2v) is 4.30. The van der Waals surface area contributed by atoms with E-state index in [0.717, 1.165) is 31.7 Å². The Balaban J connectivity index is 2.19. The molecule has 0 saturated carbocycles. The van der Waals surface area contributed by atoms with Crippen LogP contribution in [0.5, 0.6) is 5.88 Å². The van der Waals surface area contributed by atoms with Crippen molar-refractivity contribution in [1.29, 1.82) is 0 Å². The summed E-state index contributed by atoms with van der Waals surface area (Å²) in [6.07, 6.45) is 3.89. The van der Waals surface area contributed by atoms with Crippen molar-refractivity contribution in [2.24, 2.45) is 0 Å². The molecule has 1 aromatic heterocycles. The first-order valence-corrected chi connectivity index (χ1v) is 6.27. The Bertz CT molecular complexity index is 400. The van der Waals surface area contributed by atoms with Gasteiger partial charge in [-0.15, -0.1) is 0 Å². The summed E-state index contributed by atoms with van der Waals surface area (Å²) in [7, 11) is 1.74. The van der Waals surface area contributed by atoms with Crippen molar-refractivity contribution < 1.29 is 9.47 Å². The van der Waals surface area contributed by atoms with Crippen LogP contribution in [0.25, 0.3) is 0 Å². The average Bonchev–Trinajstić information content (AvgIpc) is 2.41. The van der Waals surface area contributed by atoms with Crippen molar-refractivity contribution in [3.63, 3.8) is 0 Å². The molecule has 1 aromatic rings. The molecule has 6 heteroatoms. The Kier molecular flexibility index (Phi) is 4.19. The summed E-state index contributed by atoms with van der Waals surface area (Å²) in [5, 5.41) is 0. The van der Waals surface area contributed by atoms with E-state index in [-0.39, 0.29) is 6.10 Å². The van der Waals surface area contributed by atoms with Crippen molar-refractivity contribution in [3.8, 4) is 5.88 Å². The first-order valence-electron chi connectivity index (χ1n) is 6.27. The fourth-order valence-corrected chi connectivity index (χ4v) is 2.20. The molecule has 2 N–H and O–H groups in total. The Morgan fingerprint density at radius 3 is 3.06 bits per heavy atom. The summed E-state index contributed by atoms with van der Waals surface area (Å²) in [6.45, 7) is 4.19. The van der Waals surface area contributed by atoms with Gasteiger partial charge in [-0.3, -0.25) is 0 Å². The van der Waals surface area contributed by atoms with E-state index in [9.17, 15) is 0 Å². The molecule has 6 nitrogen and oxygen atoms in total. The number of ether oxygens (including phenoxy) is 2. The van der Waals surface area contributed by atoms with Gasteiger partial charge in [0.2, 0.25) is 5.88 Å². The molecule has 0 bridgehead atoms. The van der Waals surface area contributed by atoms with Crippen molar-refractivity contribution in [1.82, 2.24) is 9.97 Å². The predicted molar refractivity (Wildman–Crippen MR) is 69.9 cm³/mol. The highest BCUT2D eigenvalue weighted by molar-refractivity contribution is 5.67. The fraction of sp³-hybridized carbons (Fsp3) is 0.667. The number of rotatable bonds is 4. The predicted octanol–water partition coefficient (Wildman–Crippen LogP) is 1.07. The van der Waals surface area contributed by atoms with Gasteiger partial charge in [0.05, 0.1) is 12.7 Å². The SMILES string of the molecule is CCOc1ncnc(N2CCCC(OC)C2)c1N. The molecule has 0 aliphatic carbocycles. The van der Waals surface area contributed by atoms with Crippen molar-refractivity contribution in [2.75, 3.05) is 37.4 Å². The molecule has 1 aliphatic rings. The number of nitrogen functional groups attached to an aromatic ring is 1. The number of hydrogen-bond acceptors (Lipinski definition) is 6. The topological polar surface area (TPSA) is 73.5 Å². The first kappa shape index (κ1) is 12.9. The van der Waals surface area contributed by atoms with Crippen LogP contribution in [0.3, 0.4) is 0 Å². The third-order valence-electron chi connectivity index (χ3n) is 3.12. The second kappa shape index (κ2) is 5.86. The molecular weight excluding hydrogens is 232 g/mol. The molecule has 2 heterocycles. The molecule has 1 fully saturated rings. The number of aromatic nitrogens is 2. The van der Waals surface area contributed by atoms with E-state index in [2.05, 4.69) is 14.9 Å². The van der Waals surface area contributed by atoms with E-state index >= 15 is 0 Å². The zero-order valence-corrected chi connectivity index (χ0v) is 10.9. The van der Waals surface area contributed by atoms with Crippen LogP contribution in [0, 0.1) is 0 Å². The highest BCUT2D eigenvalue weighted by Crippen LogP contribution is 2.29. The molecule has 18 heavy (non-hydrogen) atoms. The van der Waals surface area contributed by atoms with Crippen LogP contribution in [-0.4, -0.2) is 42.9 Å². The zero-order valence-electron chi connectivity index (χ0n) is 10.9. The molecule has 0 radical (unpaired) electrons. The number of nitrogens with two attached hydrogens (primary N) is 1. The van der Waals surface area contributed by atoms with E-state index in [4.69, 9.17) is 15.2 Å². The molecular formula is C12H20N4O2. The van der Waals surface area contributed by atoms with Gasteiger partial charge in [-0.2, -0.15) is 4.98 Å². The van der Waals surface area contributed by atoms with Gasteiger partial charge >= 0.3 is 0 Å². The summed E-state index contributed by atoms with van der Waals surface area (Å²) in [5.74, 6) is 1.21. The smallest absolute Gasteiger partial charge is 0.242 e. The summed E-state index contributed by atoms with van der Waals surface area (Å²) in [6, 6.07) is 0. The van der Waals surface area contributed by atoms with Crippen LogP contribution in [-0.2, 0) is 4.74 Å². The van der Waals surface area contributed by atoms with Gasteiger partial charge in [0.25, 0.3) is 0 Å². The third-order valence-corrected chi connectivity index (χ3v) is 3.12. The Labute approximate surface area is 107 Å². The van der Waals surface area contributed by atoms with E-state index < -0.39 is 0 Å². The summed E-state index contributed by atoms with van der Waals surface area (Å²) in [4.78, 5) is 10.5. The number of anilines is 2. The molecule has 1 atom stereocenters. The van der Waals surface area contributed by atoms with Gasteiger partial charge in [-0.05, 0) is 19.8 Å². The molecule has 1 saturated heterocycles. The van der Waals surface area contributed by atoms with E-state index in [1.54, 1.807) is 7.11 Å². The van der Waals surface area contributed by atoms with Gasteiger partial charge < -0.3 is 20.1 Å². The van der Waals surface area contributed by atoms with Gasteiger partial charge in [0.15, 0.2) is 5.82 Å². The summed E-state index contributed by atoms with van der Waals surface area (Å²) in [5.41, 5.74) is 6.56. The van der Waals surface area contributed by atoms with Crippen LogP contribution in [0.4, 0.5) is 11.5 Å². The maximum absolute atomic E-state index is 6.05. The molecule has 100 valence electrons. The van der Waals surface area contributed by atoms with Crippen LogP contribution in [0.2, 0.25) is 0 Å². The molecule has 1 unspecified atom stereocenters. The average molecular weight is 252 g/mol. The Morgan fingerprint density at radius 1 is 1.50 bits per heavy atom. The standard InChI is InChI=1S/C12H20N4O2/c1-3-18-12-10(13)11(14-8-15-12)16-6-4-5-9(7-16)17-2/h8-9H,3-7,13H2,1-2H3. The van der Waals surface area contributed by atoms with Crippen LogP contribution in [0.15, 0.2) is 6.33 Å². The Morgan fingerprint density at radius 2 is 2.33 bits per heavy atom. The van der Waals surface area contributed by atoms with Gasteiger partial charge in [-0.25, -0.2) is 4.98 Å². The minimum Gasteiger partial charge on any atom is -0.476 e. The van der Waals surface area contributed by atoms with Crippen LogP contribution in [0.1, 0.15) is 19.8 Å². The lowest BCUT2D eigenvalue weighted by atomic mass is 10.1. The van der Waals surface area contributed by atoms with Crippen molar-refractivity contribution >= 4 is 11.5 Å². The lowest BCUT2D eigenvalue weighted by molar-refractivity contribution is 0.0891. The summed E-state index contributed by atoms with van der Waals surface area (Å²) < 4.78 is 10.8. The van der Waals surface area contributed by atoms with Crippen LogP contribution < -0.4 is 15.4 Å². The van der Waals surface area contributed by atoms with Gasteiger partial charge in [0, 0.05) is 20.2 Å². The lowest BCUT2D eigenvalue weighted by Crippen LogP contribution is -2.40. The van der Waals surface area contributed by atoms with Crippen molar-refractivity contribution in [2.45, 2.75) is 25.9 Å². The third kappa shape index (κ3) is 2.64. The Hall–Kier alpha value is -1.56. The molecule has 0 amide bonds. The minimum atomic E-state index is 0.239. The summed E-state index contributed by atoms with van der Waals surface area (Å²) >= 11 is 0. The maximum atomic E-state index is 6.05. The number of hydrogen-bond donors (Lipinski definition) is 1. The number of methoxy groups -OCH3 is 1. The molecule has 2 rings (SSSR count). The van der Waals surface area contributed by atoms with E-state index in [1.807, 2.05) is 6.92 Å². The van der Waals surface area contributed by atoms with Crippen molar-refractivity contribution in [3.05, 3.63) is 6.33 Å². The zero-order chi connectivity index (χ0) is 13.0. The van der Waals surface area contributed by atoms with Gasteiger partial charge in [0.1, 0.15) is 12.0 Å². The lowest BCUT2D eigenvalue weighted by Gasteiger charge is -2.33. The monoisotopic (exact) mass is 252 g/mol. The minimum absolute atomic E-state index is 0.239. The number of nitrogens with zero attached hydrogens (tertiary/aromatic N) is 3. The first-order chi connectivity index (χ1) is 8.76. The normalized spacial score (nSPS) is 19.9. The second-order valence-electron chi connectivity index (χ2n) is 4.30. The molecule has 0 aromatic carbocycles. The van der Waals surface area contributed by atoms with E-state index in [0.29, 0.717) is 18.2 Å². The molecule has 0 spiro atoms. The highest BCUT2D eigenvalue weighted by Gasteiger charge is 2.23. The maximum Gasteiger partial charge on any atom is 0.242 e. The quantitative estimate of drug-likeness (QED) is 0.864. The highest BCUT2D eigenvalue weighted by atomic mass is 16.5.